The highest BCUT2D eigenvalue weighted by atomic mass is 33.1. The Kier molecular flexibility index (Phi) is 3.02. The lowest BCUT2D eigenvalue weighted by atomic mass is 10.3. The van der Waals surface area contributed by atoms with Crippen molar-refractivity contribution < 1.29 is 0 Å². The molecule has 1 atom stereocenters. The van der Waals surface area contributed by atoms with Gasteiger partial charge in [0.05, 0.1) is 0 Å². The second kappa shape index (κ2) is 3.83. The van der Waals surface area contributed by atoms with Gasteiger partial charge in [-0.3, -0.25) is 0 Å². The molecule has 1 unspecified atom stereocenters. The highest BCUT2D eigenvalue weighted by Gasteiger charge is 2.02. The van der Waals surface area contributed by atoms with Crippen LogP contribution < -0.4 is 0 Å². The van der Waals surface area contributed by atoms with Crippen LogP contribution in [0.2, 0.25) is 0 Å². The van der Waals surface area contributed by atoms with Crippen LogP contribution >= 0.6 is 22.5 Å². The van der Waals surface area contributed by atoms with E-state index in [1.165, 1.54) is 17.1 Å². The first-order chi connectivity index (χ1) is 4.84. The predicted octanol–water partition coefficient (Wildman–Crippen LogP) is 2.12. The third-order valence-corrected chi connectivity index (χ3v) is 2.75. The van der Waals surface area contributed by atoms with Gasteiger partial charge in [0.25, 0.3) is 0 Å². The van der Waals surface area contributed by atoms with Crippen molar-refractivity contribution in [3.8, 4) is 0 Å². The largest absolute Gasteiger partial charge is 0.244 e. The molecule has 0 N–H and O–H groups in total. The SMILES string of the molecule is CC(SS)c1cncnc1. The summed E-state index contributed by atoms with van der Waals surface area (Å²) >= 11 is 4.09. The molecule has 0 aliphatic rings. The molecule has 1 rings (SSSR count). The molecule has 0 spiro atoms. The van der Waals surface area contributed by atoms with Gasteiger partial charge in [0.1, 0.15) is 6.33 Å². The second-order valence-electron chi connectivity index (χ2n) is 1.92. The van der Waals surface area contributed by atoms with Gasteiger partial charge in [-0.1, -0.05) is 10.8 Å². The summed E-state index contributed by atoms with van der Waals surface area (Å²) in [5.74, 6) is 0. The Morgan fingerprint density at radius 1 is 1.50 bits per heavy atom. The van der Waals surface area contributed by atoms with Crippen LogP contribution in [0.15, 0.2) is 18.7 Å². The summed E-state index contributed by atoms with van der Waals surface area (Å²) in [6, 6.07) is 0. The topological polar surface area (TPSA) is 25.8 Å². The van der Waals surface area contributed by atoms with E-state index in [0.29, 0.717) is 5.25 Å². The quantitative estimate of drug-likeness (QED) is 0.546. The van der Waals surface area contributed by atoms with Crippen LogP contribution in [-0.4, -0.2) is 9.97 Å². The van der Waals surface area contributed by atoms with Gasteiger partial charge in [-0.05, 0) is 6.92 Å². The molecule has 54 valence electrons. The summed E-state index contributed by atoms with van der Waals surface area (Å²) < 4.78 is 0. The number of hydrogen-bond donors (Lipinski definition) is 1. The van der Waals surface area contributed by atoms with Crippen LogP contribution in [0.4, 0.5) is 0 Å². The first-order valence-corrected chi connectivity index (χ1v) is 4.83. The fourth-order valence-corrected chi connectivity index (χ4v) is 1.19. The Balaban J connectivity index is 2.75. The Labute approximate surface area is 69.3 Å². The summed E-state index contributed by atoms with van der Waals surface area (Å²) in [6.07, 6.45) is 5.14. The van der Waals surface area contributed by atoms with Crippen molar-refractivity contribution in [2.45, 2.75) is 12.2 Å². The van der Waals surface area contributed by atoms with Gasteiger partial charge in [-0.2, -0.15) is 0 Å². The van der Waals surface area contributed by atoms with Gasteiger partial charge in [0.2, 0.25) is 0 Å². The van der Waals surface area contributed by atoms with Gasteiger partial charge in [-0.25, -0.2) is 9.97 Å². The number of aromatic nitrogens is 2. The van der Waals surface area contributed by atoms with Gasteiger partial charge in [-0.15, -0.1) is 11.7 Å². The van der Waals surface area contributed by atoms with Crippen molar-refractivity contribution in [3.63, 3.8) is 0 Å². The summed E-state index contributed by atoms with van der Waals surface area (Å²) in [5, 5.41) is 0.365. The summed E-state index contributed by atoms with van der Waals surface area (Å²) in [5.41, 5.74) is 1.11. The molecule has 0 bridgehead atoms. The first-order valence-electron chi connectivity index (χ1n) is 2.89. The monoisotopic (exact) mass is 172 g/mol. The van der Waals surface area contributed by atoms with Crippen molar-refractivity contribution in [3.05, 3.63) is 24.3 Å². The minimum Gasteiger partial charge on any atom is -0.244 e. The predicted molar refractivity (Wildman–Crippen MR) is 47.0 cm³/mol. The molecule has 10 heavy (non-hydrogen) atoms. The third-order valence-electron chi connectivity index (χ3n) is 1.21. The Morgan fingerprint density at radius 3 is 2.60 bits per heavy atom. The van der Waals surface area contributed by atoms with E-state index in [0.717, 1.165) is 5.56 Å². The number of rotatable bonds is 2. The van der Waals surface area contributed by atoms with Gasteiger partial charge < -0.3 is 0 Å². The van der Waals surface area contributed by atoms with Crippen molar-refractivity contribution in [2.24, 2.45) is 0 Å². The molecular weight excluding hydrogens is 164 g/mol. The number of nitrogens with zero attached hydrogens (tertiary/aromatic N) is 2. The van der Waals surface area contributed by atoms with E-state index in [9.17, 15) is 0 Å². The zero-order chi connectivity index (χ0) is 7.40. The smallest absolute Gasteiger partial charge is 0.115 e. The minimum atomic E-state index is 0.365. The third kappa shape index (κ3) is 1.88. The van der Waals surface area contributed by atoms with Crippen LogP contribution in [0.5, 0.6) is 0 Å². The molecule has 0 saturated heterocycles. The molecule has 1 heterocycles. The lowest BCUT2D eigenvalue weighted by molar-refractivity contribution is 1.03. The first kappa shape index (κ1) is 7.88. The molecule has 0 amide bonds. The lowest BCUT2D eigenvalue weighted by Gasteiger charge is -2.03. The van der Waals surface area contributed by atoms with Crippen LogP contribution in [0.3, 0.4) is 0 Å². The maximum atomic E-state index is 4.09. The van der Waals surface area contributed by atoms with E-state index < -0.39 is 0 Å². The second-order valence-corrected chi connectivity index (χ2v) is 3.47. The fraction of sp³-hybridized carbons (Fsp3) is 0.333. The highest BCUT2D eigenvalue weighted by molar-refractivity contribution is 8.68. The minimum absolute atomic E-state index is 0.365. The van der Waals surface area contributed by atoms with Gasteiger partial charge >= 0.3 is 0 Å². The zero-order valence-electron chi connectivity index (χ0n) is 5.56. The summed E-state index contributed by atoms with van der Waals surface area (Å²) in [7, 11) is 1.49. The fourth-order valence-electron chi connectivity index (χ4n) is 0.581. The summed E-state index contributed by atoms with van der Waals surface area (Å²) in [4.78, 5) is 7.79. The van der Waals surface area contributed by atoms with Crippen LogP contribution in [-0.2, 0) is 0 Å². The average molecular weight is 172 g/mol. The Hall–Kier alpha value is -0.220. The van der Waals surface area contributed by atoms with E-state index in [2.05, 4.69) is 28.6 Å². The molecule has 2 nitrogen and oxygen atoms in total. The van der Waals surface area contributed by atoms with Crippen LogP contribution in [0.25, 0.3) is 0 Å². The molecule has 1 aromatic rings. The molecule has 0 aliphatic carbocycles. The summed E-state index contributed by atoms with van der Waals surface area (Å²) in [6.45, 7) is 2.07. The molecule has 0 radical (unpaired) electrons. The van der Waals surface area contributed by atoms with Crippen molar-refractivity contribution >= 4 is 22.5 Å². The number of thiol groups is 1. The van der Waals surface area contributed by atoms with E-state index in [4.69, 9.17) is 0 Å². The van der Waals surface area contributed by atoms with Crippen molar-refractivity contribution in [2.75, 3.05) is 0 Å². The van der Waals surface area contributed by atoms with Crippen LogP contribution in [0, 0.1) is 0 Å². The van der Waals surface area contributed by atoms with E-state index in [1.807, 2.05) is 0 Å². The molecular formula is C6H8N2S2. The molecule has 0 aromatic carbocycles. The Bertz CT molecular complexity index is 190. The highest BCUT2D eigenvalue weighted by Crippen LogP contribution is 2.29. The van der Waals surface area contributed by atoms with E-state index in [1.54, 1.807) is 12.4 Å². The number of hydrogen-bond acceptors (Lipinski definition) is 4. The molecule has 0 saturated carbocycles. The molecule has 4 heteroatoms. The van der Waals surface area contributed by atoms with Crippen LogP contribution in [0.1, 0.15) is 17.7 Å². The Morgan fingerprint density at radius 2 is 2.10 bits per heavy atom. The molecule has 0 aliphatic heterocycles. The molecule has 1 aromatic heterocycles. The zero-order valence-corrected chi connectivity index (χ0v) is 7.27. The van der Waals surface area contributed by atoms with Crippen molar-refractivity contribution in [1.29, 1.82) is 0 Å². The normalized spacial score (nSPS) is 13.0. The van der Waals surface area contributed by atoms with E-state index >= 15 is 0 Å². The maximum absolute atomic E-state index is 4.09. The maximum Gasteiger partial charge on any atom is 0.115 e. The van der Waals surface area contributed by atoms with E-state index in [-0.39, 0.29) is 0 Å². The standard InChI is InChI=1S/C6H8N2S2/c1-5(10-9)6-2-7-4-8-3-6/h2-5,9H,1H3. The lowest BCUT2D eigenvalue weighted by Crippen LogP contribution is -1.87. The van der Waals surface area contributed by atoms with Gasteiger partial charge in [0.15, 0.2) is 0 Å². The van der Waals surface area contributed by atoms with Crippen molar-refractivity contribution in [1.82, 2.24) is 9.97 Å². The average Bonchev–Trinajstić information content (AvgIpc) is 2.05. The molecule has 0 fully saturated rings. The van der Waals surface area contributed by atoms with Gasteiger partial charge in [0, 0.05) is 23.2 Å².